The van der Waals surface area contributed by atoms with Crippen LogP contribution in [0.3, 0.4) is 0 Å². The number of hydrogen-bond acceptors (Lipinski definition) is 3. The van der Waals surface area contributed by atoms with Gasteiger partial charge in [-0.2, -0.15) is 0 Å². The van der Waals surface area contributed by atoms with E-state index in [0.717, 1.165) is 19.7 Å². The van der Waals surface area contributed by atoms with Crippen molar-refractivity contribution in [2.45, 2.75) is 38.3 Å². The van der Waals surface area contributed by atoms with Crippen LogP contribution in [0.4, 0.5) is 0 Å². The van der Waals surface area contributed by atoms with Crippen molar-refractivity contribution >= 4 is 0 Å². The molecule has 3 heteroatoms. The number of likely N-dealkylation sites (N-methyl/N-ethyl adjacent to an activating group) is 1. The Kier molecular flexibility index (Phi) is 3.71. The highest BCUT2D eigenvalue weighted by Crippen LogP contribution is 2.41. The van der Waals surface area contributed by atoms with Crippen LogP contribution in [0.5, 0.6) is 0 Å². The molecule has 1 rings (SSSR count). The van der Waals surface area contributed by atoms with E-state index in [-0.39, 0.29) is 0 Å². The fourth-order valence-electron chi connectivity index (χ4n) is 2.20. The molecule has 0 aromatic rings. The number of nitrogens with zero attached hydrogens (tertiary/aromatic N) is 1. The van der Waals surface area contributed by atoms with Crippen LogP contribution in [-0.2, 0) is 4.74 Å². The second-order valence-corrected chi connectivity index (χ2v) is 4.02. The van der Waals surface area contributed by atoms with Crippen molar-refractivity contribution in [3.8, 4) is 0 Å². The Bertz CT molecular complexity index is 157. The molecule has 1 saturated carbocycles. The maximum absolute atomic E-state index is 5.80. The molecule has 1 unspecified atom stereocenters. The van der Waals surface area contributed by atoms with Crippen LogP contribution in [-0.4, -0.2) is 43.3 Å². The summed E-state index contributed by atoms with van der Waals surface area (Å²) in [6.45, 7) is 7.07. The van der Waals surface area contributed by atoms with Gasteiger partial charge in [-0.15, -0.1) is 0 Å². The van der Waals surface area contributed by atoms with E-state index in [1.54, 1.807) is 7.11 Å². The molecule has 0 aliphatic heterocycles. The van der Waals surface area contributed by atoms with Gasteiger partial charge in [0.2, 0.25) is 0 Å². The lowest BCUT2D eigenvalue weighted by molar-refractivity contribution is 0.0661. The molecule has 78 valence electrons. The quantitative estimate of drug-likeness (QED) is 0.668. The molecule has 0 radical (unpaired) electrons. The highest BCUT2D eigenvalue weighted by molar-refractivity contribution is 5.05. The summed E-state index contributed by atoms with van der Waals surface area (Å²) in [7, 11) is 1.76. The highest BCUT2D eigenvalue weighted by Gasteiger charge is 2.47. The normalized spacial score (nSPS) is 21.9. The zero-order chi connectivity index (χ0) is 9.90. The maximum Gasteiger partial charge on any atom is 0.0615 e. The molecule has 1 aliphatic carbocycles. The maximum atomic E-state index is 5.80. The van der Waals surface area contributed by atoms with Crippen molar-refractivity contribution in [1.82, 2.24) is 4.90 Å². The van der Waals surface area contributed by atoms with Gasteiger partial charge in [-0.25, -0.2) is 0 Å². The average molecular weight is 186 g/mol. The first-order valence-electron chi connectivity index (χ1n) is 5.16. The Labute approximate surface area is 81.2 Å². The Hall–Kier alpha value is -0.120. The van der Waals surface area contributed by atoms with Gasteiger partial charge in [0.25, 0.3) is 0 Å². The lowest BCUT2D eigenvalue weighted by atomic mass is 10.1. The van der Waals surface area contributed by atoms with E-state index in [1.165, 1.54) is 12.8 Å². The molecule has 1 aliphatic rings. The zero-order valence-corrected chi connectivity index (χ0v) is 9.05. The van der Waals surface area contributed by atoms with Crippen LogP contribution in [0.2, 0.25) is 0 Å². The monoisotopic (exact) mass is 186 g/mol. The van der Waals surface area contributed by atoms with Gasteiger partial charge in [-0.05, 0) is 26.3 Å². The molecule has 0 spiro atoms. The summed E-state index contributed by atoms with van der Waals surface area (Å²) >= 11 is 0. The van der Waals surface area contributed by atoms with Crippen molar-refractivity contribution in [2.24, 2.45) is 5.73 Å². The summed E-state index contributed by atoms with van der Waals surface area (Å²) in [4.78, 5) is 2.48. The Morgan fingerprint density at radius 3 is 2.46 bits per heavy atom. The fourth-order valence-corrected chi connectivity index (χ4v) is 2.20. The summed E-state index contributed by atoms with van der Waals surface area (Å²) in [5.41, 5.74) is 6.11. The number of nitrogens with two attached hydrogens (primary N) is 1. The van der Waals surface area contributed by atoms with Crippen LogP contribution >= 0.6 is 0 Å². The topological polar surface area (TPSA) is 38.5 Å². The summed E-state index contributed by atoms with van der Waals surface area (Å²) in [5, 5.41) is 0. The molecule has 13 heavy (non-hydrogen) atoms. The molecule has 0 amide bonds. The first kappa shape index (κ1) is 11.0. The third kappa shape index (κ3) is 2.22. The van der Waals surface area contributed by atoms with E-state index in [2.05, 4.69) is 18.7 Å². The average Bonchev–Trinajstić information content (AvgIpc) is 2.87. The minimum Gasteiger partial charge on any atom is -0.383 e. The van der Waals surface area contributed by atoms with E-state index in [9.17, 15) is 0 Å². The third-order valence-corrected chi connectivity index (χ3v) is 3.10. The van der Waals surface area contributed by atoms with Gasteiger partial charge in [0.1, 0.15) is 0 Å². The molecular formula is C10H22N2O. The minimum atomic E-state index is 0.312. The highest BCUT2D eigenvalue weighted by atomic mass is 16.5. The summed E-state index contributed by atoms with van der Waals surface area (Å²) in [6, 6.07) is 0.487. The SMILES string of the molecule is CCN(C(C)COC)C1(CN)CC1. The van der Waals surface area contributed by atoms with E-state index >= 15 is 0 Å². The van der Waals surface area contributed by atoms with Crippen LogP contribution in [0.1, 0.15) is 26.7 Å². The van der Waals surface area contributed by atoms with Gasteiger partial charge >= 0.3 is 0 Å². The van der Waals surface area contributed by atoms with E-state index in [1.807, 2.05) is 0 Å². The van der Waals surface area contributed by atoms with E-state index < -0.39 is 0 Å². The first-order valence-corrected chi connectivity index (χ1v) is 5.16. The van der Waals surface area contributed by atoms with Gasteiger partial charge in [-0.3, -0.25) is 4.90 Å². The van der Waals surface area contributed by atoms with Gasteiger partial charge in [0.15, 0.2) is 0 Å². The Morgan fingerprint density at radius 2 is 2.15 bits per heavy atom. The standard InChI is InChI=1S/C10H22N2O/c1-4-12(9(2)7-13-3)10(8-11)5-6-10/h9H,4-8,11H2,1-3H3. The second kappa shape index (κ2) is 4.40. The van der Waals surface area contributed by atoms with Gasteiger partial charge in [0.05, 0.1) is 6.61 Å². The molecule has 1 fully saturated rings. The second-order valence-electron chi connectivity index (χ2n) is 4.02. The molecule has 0 saturated heterocycles. The molecule has 2 N–H and O–H groups in total. The molecule has 0 bridgehead atoms. The summed E-state index contributed by atoms with van der Waals surface area (Å²) in [5.74, 6) is 0. The van der Waals surface area contributed by atoms with Gasteiger partial charge in [0, 0.05) is 25.2 Å². The van der Waals surface area contributed by atoms with Gasteiger partial charge in [-0.1, -0.05) is 6.92 Å². The third-order valence-electron chi connectivity index (χ3n) is 3.10. The van der Waals surface area contributed by atoms with Crippen molar-refractivity contribution < 1.29 is 4.74 Å². The molecule has 1 atom stereocenters. The number of hydrogen-bond donors (Lipinski definition) is 1. The van der Waals surface area contributed by atoms with Crippen molar-refractivity contribution in [2.75, 3.05) is 26.8 Å². The Balaban J connectivity index is 2.51. The molecule has 3 nitrogen and oxygen atoms in total. The van der Waals surface area contributed by atoms with Crippen LogP contribution < -0.4 is 5.73 Å². The number of methoxy groups -OCH3 is 1. The van der Waals surface area contributed by atoms with Crippen LogP contribution in [0.25, 0.3) is 0 Å². The zero-order valence-electron chi connectivity index (χ0n) is 9.05. The largest absolute Gasteiger partial charge is 0.383 e. The lowest BCUT2D eigenvalue weighted by Crippen LogP contribution is -2.49. The van der Waals surface area contributed by atoms with Crippen molar-refractivity contribution in [3.05, 3.63) is 0 Å². The smallest absolute Gasteiger partial charge is 0.0615 e. The number of ether oxygens (including phenoxy) is 1. The predicted molar refractivity (Wildman–Crippen MR) is 54.7 cm³/mol. The molecular weight excluding hydrogens is 164 g/mol. The van der Waals surface area contributed by atoms with Gasteiger partial charge < -0.3 is 10.5 Å². The van der Waals surface area contributed by atoms with E-state index in [0.29, 0.717) is 11.6 Å². The number of rotatable bonds is 6. The predicted octanol–water partition coefficient (Wildman–Crippen LogP) is 0.834. The molecule has 0 heterocycles. The Morgan fingerprint density at radius 1 is 1.54 bits per heavy atom. The van der Waals surface area contributed by atoms with E-state index in [4.69, 9.17) is 10.5 Å². The minimum absolute atomic E-state index is 0.312. The summed E-state index contributed by atoms with van der Waals surface area (Å²) in [6.07, 6.45) is 2.51. The van der Waals surface area contributed by atoms with Crippen molar-refractivity contribution in [1.29, 1.82) is 0 Å². The fraction of sp³-hybridized carbons (Fsp3) is 1.00. The molecule has 0 aromatic heterocycles. The molecule has 0 aromatic carbocycles. The van der Waals surface area contributed by atoms with Crippen molar-refractivity contribution in [3.63, 3.8) is 0 Å². The van der Waals surface area contributed by atoms with Crippen LogP contribution in [0, 0.1) is 0 Å². The lowest BCUT2D eigenvalue weighted by Gasteiger charge is -2.35. The van der Waals surface area contributed by atoms with Crippen LogP contribution in [0.15, 0.2) is 0 Å². The summed E-state index contributed by atoms with van der Waals surface area (Å²) < 4.78 is 5.17. The first-order chi connectivity index (χ1) is 6.20.